The van der Waals surface area contributed by atoms with E-state index in [0.29, 0.717) is 18.0 Å². The summed E-state index contributed by atoms with van der Waals surface area (Å²) in [4.78, 5) is 30.0. The van der Waals surface area contributed by atoms with Gasteiger partial charge in [-0.3, -0.25) is 13.9 Å². The van der Waals surface area contributed by atoms with E-state index in [1.807, 2.05) is 82.3 Å². The summed E-state index contributed by atoms with van der Waals surface area (Å²) >= 11 is 0. The molecule has 0 radical (unpaired) electrons. The van der Waals surface area contributed by atoms with E-state index in [4.69, 9.17) is 4.74 Å². The van der Waals surface area contributed by atoms with Crippen molar-refractivity contribution < 1.29 is 22.7 Å². The first-order valence-electron chi connectivity index (χ1n) is 15.4. The molecule has 1 atom stereocenters. The quantitative estimate of drug-likeness (QED) is 0.185. The molecule has 1 unspecified atom stereocenters. The van der Waals surface area contributed by atoms with Crippen LogP contribution in [0.1, 0.15) is 36.1 Å². The van der Waals surface area contributed by atoms with E-state index in [0.717, 1.165) is 26.6 Å². The molecule has 242 valence electrons. The zero-order chi connectivity index (χ0) is 33.3. The fourth-order valence-corrected chi connectivity index (χ4v) is 6.51. The van der Waals surface area contributed by atoms with Crippen molar-refractivity contribution in [3.63, 3.8) is 0 Å². The van der Waals surface area contributed by atoms with Crippen LogP contribution >= 0.6 is 0 Å². The Morgan fingerprint density at radius 3 is 2.07 bits per heavy atom. The Labute approximate surface area is 273 Å². The van der Waals surface area contributed by atoms with Crippen LogP contribution in [0.15, 0.2) is 108 Å². The van der Waals surface area contributed by atoms with Crippen molar-refractivity contribution in [1.29, 1.82) is 0 Å². The summed E-state index contributed by atoms with van der Waals surface area (Å²) in [5, 5.41) is 3.02. The highest BCUT2D eigenvalue weighted by molar-refractivity contribution is 7.92. The number of nitrogens with one attached hydrogen (secondary N) is 1. The van der Waals surface area contributed by atoms with Crippen molar-refractivity contribution >= 4 is 27.5 Å². The molecule has 0 heterocycles. The van der Waals surface area contributed by atoms with E-state index >= 15 is 0 Å². The van der Waals surface area contributed by atoms with Crippen molar-refractivity contribution in [2.24, 2.45) is 5.92 Å². The van der Waals surface area contributed by atoms with Gasteiger partial charge in [0.25, 0.3) is 10.0 Å². The minimum Gasteiger partial charge on any atom is -0.497 e. The van der Waals surface area contributed by atoms with Gasteiger partial charge >= 0.3 is 0 Å². The van der Waals surface area contributed by atoms with Crippen LogP contribution in [0.5, 0.6) is 5.75 Å². The van der Waals surface area contributed by atoms with Crippen LogP contribution in [0.4, 0.5) is 5.69 Å². The molecule has 46 heavy (non-hydrogen) atoms. The normalized spacial score (nSPS) is 12.0. The van der Waals surface area contributed by atoms with Gasteiger partial charge < -0.3 is 15.0 Å². The third kappa shape index (κ3) is 8.97. The van der Waals surface area contributed by atoms with Crippen LogP contribution < -0.4 is 14.4 Å². The first-order valence-corrected chi connectivity index (χ1v) is 16.8. The molecule has 0 aliphatic rings. The van der Waals surface area contributed by atoms with Crippen LogP contribution in [0.2, 0.25) is 0 Å². The number of methoxy groups -OCH3 is 1. The molecule has 0 spiro atoms. The zero-order valence-electron chi connectivity index (χ0n) is 27.1. The van der Waals surface area contributed by atoms with Gasteiger partial charge in [0.05, 0.1) is 17.7 Å². The van der Waals surface area contributed by atoms with E-state index in [-0.39, 0.29) is 29.7 Å². The van der Waals surface area contributed by atoms with E-state index in [9.17, 15) is 18.0 Å². The Morgan fingerprint density at radius 1 is 0.804 bits per heavy atom. The Balaban J connectivity index is 1.79. The van der Waals surface area contributed by atoms with E-state index in [2.05, 4.69) is 5.32 Å². The summed E-state index contributed by atoms with van der Waals surface area (Å²) in [6.45, 7) is 7.94. The maximum atomic E-state index is 14.6. The highest BCUT2D eigenvalue weighted by Gasteiger charge is 2.34. The lowest BCUT2D eigenvalue weighted by molar-refractivity contribution is -0.140. The summed E-state index contributed by atoms with van der Waals surface area (Å²) in [6.07, 6.45) is 0.262. The molecule has 1 N–H and O–H groups in total. The van der Waals surface area contributed by atoms with Crippen LogP contribution in [0, 0.1) is 19.8 Å². The van der Waals surface area contributed by atoms with Crippen molar-refractivity contribution in [2.75, 3.05) is 24.5 Å². The lowest BCUT2D eigenvalue weighted by atomic mass is 10.0. The average molecular weight is 642 g/mol. The summed E-state index contributed by atoms with van der Waals surface area (Å²) < 4.78 is 34.7. The molecule has 0 aliphatic carbocycles. The number of hydrogen-bond acceptors (Lipinski definition) is 5. The van der Waals surface area contributed by atoms with Gasteiger partial charge in [-0.25, -0.2) is 8.42 Å². The Kier molecular flexibility index (Phi) is 11.6. The topological polar surface area (TPSA) is 96.0 Å². The molecule has 4 rings (SSSR count). The summed E-state index contributed by atoms with van der Waals surface area (Å²) in [5.41, 5.74) is 4.02. The van der Waals surface area contributed by atoms with E-state index in [1.54, 1.807) is 36.4 Å². The molecule has 9 heteroatoms. The van der Waals surface area contributed by atoms with Gasteiger partial charge in [0.2, 0.25) is 11.8 Å². The lowest BCUT2D eigenvalue weighted by Gasteiger charge is -2.34. The number of nitrogens with zero attached hydrogens (tertiary/aromatic N) is 2. The minimum absolute atomic E-state index is 0.0161. The molecule has 0 fully saturated rings. The predicted octanol–water partition coefficient (Wildman–Crippen LogP) is 5.92. The number of benzene rings is 4. The first-order chi connectivity index (χ1) is 22.0. The standard InChI is InChI=1S/C37H43N3O5S/c1-27(2)24-38-37(42)35(23-30-11-7-6-8-12-30)39(25-31-13-9-10-29(4)22-31)36(41)26-40(32-16-14-28(3)15-17-32)46(43,44)34-20-18-33(45-5)19-21-34/h6-22,27,35H,23-26H2,1-5H3,(H,38,42). The molecule has 0 aliphatic heterocycles. The highest BCUT2D eigenvalue weighted by Crippen LogP contribution is 2.27. The van der Waals surface area contributed by atoms with Gasteiger partial charge in [-0.05, 0) is 67.3 Å². The number of sulfonamides is 1. The molecule has 4 aromatic carbocycles. The molecule has 0 saturated carbocycles. The summed E-state index contributed by atoms with van der Waals surface area (Å²) in [6, 6.07) is 29.4. The van der Waals surface area contributed by atoms with Crippen molar-refractivity contribution in [3.8, 4) is 5.75 Å². The summed E-state index contributed by atoms with van der Waals surface area (Å²) in [7, 11) is -2.69. The van der Waals surface area contributed by atoms with Gasteiger partial charge in [0.1, 0.15) is 18.3 Å². The Bertz CT molecular complexity index is 1710. The fourth-order valence-electron chi connectivity index (χ4n) is 5.10. The maximum Gasteiger partial charge on any atom is 0.264 e. The zero-order valence-corrected chi connectivity index (χ0v) is 28.0. The second kappa shape index (κ2) is 15.6. The Hall–Kier alpha value is -4.63. The van der Waals surface area contributed by atoms with Gasteiger partial charge in [0, 0.05) is 19.5 Å². The molecule has 8 nitrogen and oxygen atoms in total. The van der Waals surface area contributed by atoms with Crippen molar-refractivity contribution in [3.05, 3.63) is 125 Å². The second-order valence-electron chi connectivity index (χ2n) is 11.9. The average Bonchev–Trinajstić information content (AvgIpc) is 3.05. The van der Waals surface area contributed by atoms with Crippen molar-refractivity contribution in [2.45, 2.75) is 51.6 Å². The minimum atomic E-state index is -4.20. The van der Waals surface area contributed by atoms with Crippen LogP contribution in [-0.4, -0.2) is 51.4 Å². The molecule has 0 aromatic heterocycles. The number of carbonyl (C=O) groups excluding carboxylic acids is 2. The number of ether oxygens (including phenoxy) is 1. The third-order valence-electron chi connectivity index (χ3n) is 7.64. The number of carbonyl (C=O) groups is 2. The lowest BCUT2D eigenvalue weighted by Crippen LogP contribution is -2.53. The Morgan fingerprint density at radius 2 is 1.46 bits per heavy atom. The van der Waals surface area contributed by atoms with Gasteiger partial charge in [-0.15, -0.1) is 0 Å². The molecule has 0 saturated heterocycles. The van der Waals surface area contributed by atoms with E-state index in [1.165, 1.54) is 24.1 Å². The maximum absolute atomic E-state index is 14.6. The van der Waals surface area contributed by atoms with Crippen LogP contribution in [0.25, 0.3) is 0 Å². The third-order valence-corrected chi connectivity index (χ3v) is 9.43. The molecular formula is C37H43N3O5S. The van der Waals surface area contributed by atoms with Crippen molar-refractivity contribution in [1.82, 2.24) is 10.2 Å². The molecule has 0 bridgehead atoms. The number of rotatable bonds is 14. The second-order valence-corrected chi connectivity index (χ2v) is 13.7. The monoisotopic (exact) mass is 641 g/mol. The van der Waals surface area contributed by atoms with Crippen LogP contribution in [-0.2, 0) is 32.6 Å². The van der Waals surface area contributed by atoms with Gasteiger partial charge in [-0.1, -0.05) is 91.7 Å². The summed E-state index contributed by atoms with van der Waals surface area (Å²) in [5.74, 6) is -0.0791. The van der Waals surface area contributed by atoms with Gasteiger partial charge in [0.15, 0.2) is 0 Å². The molecule has 2 amide bonds. The van der Waals surface area contributed by atoms with Gasteiger partial charge in [-0.2, -0.15) is 0 Å². The largest absolute Gasteiger partial charge is 0.497 e. The van der Waals surface area contributed by atoms with Crippen LogP contribution in [0.3, 0.4) is 0 Å². The highest BCUT2D eigenvalue weighted by atomic mass is 32.2. The number of amides is 2. The SMILES string of the molecule is COc1ccc(S(=O)(=O)N(CC(=O)N(Cc2cccc(C)c2)C(Cc2ccccc2)C(=O)NCC(C)C)c2ccc(C)cc2)cc1. The molecule has 4 aromatic rings. The number of aryl methyl sites for hydroxylation is 2. The number of anilines is 1. The predicted molar refractivity (Wildman–Crippen MR) is 182 cm³/mol. The fraction of sp³-hybridized carbons (Fsp3) is 0.297. The van der Waals surface area contributed by atoms with E-state index < -0.39 is 28.5 Å². The number of hydrogen-bond donors (Lipinski definition) is 1. The smallest absolute Gasteiger partial charge is 0.264 e. The first kappa shape index (κ1) is 34.2. The molecular weight excluding hydrogens is 598 g/mol.